The van der Waals surface area contributed by atoms with Gasteiger partial charge in [-0.3, -0.25) is 9.59 Å². The lowest BCUT2D eigenvalue weighted by atomic mass is 9.98. The minimum Gasteiger partial charge on any atom is -0.491 e. The summed E-state index contributed by atoms with van der Waals surface area (Å²) in [5.74, 6) is -0.0207. The van der Waals surface area contributed by atoms with Gasteiger partial charge in [-0.1, -0.05) is 15.9 Å². The van der Waals surface area contributed by atoms with Gasteiger partial charge in [-0.15, -0.1) is 0 Å². The molecule has 2 atom stereocenters. The second-order valence-corrected chi connectivity index (χ2v) is 11.5. The second-order valence-electron chi connectivity index (χ2n) is 10.6. The molecule has 2 N–H and O–H groups in total. The van der Waals surface area contributed by atoms with Crippen molar-refractivity contribution in [2.24, 2.45) is 0 Å². The molecule has 0 aliphatic carbocycles. The number of aliphatic hydroxyl groups is 2. The van der Waals surface area contributed by atoms with Gasteiger partial charge in [0, 0.05) is 27.3 Å². The lowest BCUT2D eigenvalue weighted by molar-refractivity contribution is -0.138. The fourth-order valence-corrected chi connectivity index (χ4v) is 5.57. The summed E-state index contributed by atoms with van der Waals surface area (Å²) in [7, 11) is 0. The van der Waals surface area contributed by atoms with E-state index in [4.69, 9.17) is 14.8 Å². The van der Waals surface area contributed by atoms with Gasteiger partial charge in [0.05, 0.1) is 35.8 Å². The van der Waals surface area contributed by atoms with E-state index in [0.717, 1.165) is 6.07 Å². The summed E-state index contributed by atoms with van der Waals surface area (Å²) in [5.41, 5.74) is 1.10. The minimum absolute atomic E-state index is 0.0882. The van der Waals surface area contributed by atoms with Gasteiger partial charge < -0.3 is 19.8 Å². The SMILES string of the molecule is Cc1cc(C)n(-c2nc3c(c(=O)n2-c2ccc(OCC(O)CO)cc2)CC(C)N(C(=O)c2ccc(Br)c(C(F)(F)F)c2)C3)n1. The number of alkyl halides is 3. The van der Waals surface area contributed by atoms with E-state index in [0.29, 0.717) is 34.1 Å². The molecule has 2 aromatic heterocycles. The van der Waals surface area contributed by atoms with Crippen molar-refractivity contribution in [2.45, 2.75) is 52.1 Å². The number of carbonyl (C=O) groups excluding carboxylic acids is 1. The molecule has 0 saturated heterocycles. The molecule has 1 aliphatic heterocycles. The number of nitrogens with zero attached hydrogens (tertiary/aromatic N) is 5. The van der Waals surface area contributed by atoms with Crippen LogP contribution in [0.5, 0.6) is 5.75 Å². The number of aliphatic hydroxyl groups excluding tert-OH is 2. The van der Waals surface area contributed by atoms with E-state index in [1.165, 1.54) is 26.3 Å². The Morgan fingerprint density at radius 3 is 2.48 bits per heavy atom. The maximum Gasteiger partial charge on any atom is 0.417 e. The summed E-state index contributed by atoms with van der Waals surface area (Å²) >= 11 is 2.91. The summed E-state index contributed by atoms with van der Waals surface area (Å²) in [4.78, 5) is 33.8. The third kappa shape index (κ3) is 6.14. The van der Waals surface area contributed by atoms with Crippen molar-refractivity contribution in [3.63, 3.8) is 0 Å². The molecule has 44 heavy (non-hydrogen) atoms. The van der Waals surface area contributed by atoms with E-state index in [9.17, 15) is 27.9 Å². The van der Waals surface area contributed by atoms with Crippen LogP contribution in [0.15, 0.2) is 57.8 Å². The first-order valence-corrected chi connectivity index (χ1v) is 14.5. The van der Waals surface area contributed by atoms with Crippen LogP contribution >= 0.6 is 15.9 Å². The Kier molecular flexibility index (Phi) is 8.69. The summed E-state index contributed by atoms with van der Waals surface area (Å²) in [6.45, 7) is 4.69. The number of aryl methyl sites for hydroxylation is 2. The van der Waals surface area contributed by atoms with Crippen LogP contribution < -0.4 is 10.3 Å². The maximum absolute atomic E-state index is 14.1. The van der Waals surface area contributed by atoms with Gasteiger partial charge in [-0.05, 0) is 75.7 Å². The molecule has 0 spiro atoms. The average Bonchev–Trinajstić information content (AvgIpc) is 3.32. The van der Waals surface area contributed by atoms with E-state index < -0.39 is 36.4 Å². The van der Waals surface area contributed by atoms with Crippen LogP contribution in [0.1, 0.15) is 45.5 Å². The largest absolute Gasteiger partial charge is 0.491 e. The number of rotatable bonds is 7. The number of carbonyl (C=O) groups is 1. The smallest absolute Gasteiger partial charge is 0.417 e. The van der Waals surface area contributed by atoms with Gasteiger partial charge in [-0.25, -0.2) is 14.2 Å². The first-order chi connectivity index (χ1) is 20.8. The summed E-state index contributed by atoms with van der Waals surface area (Å²) in [6, 6.07) is 11.2. The Bertz CT molecular complexity index is 1770. The molecule has 14 heteroatoms. The summed E-state index contributed by atoms with van der Waals surface area (Å²) < 4.78 is 48.9. The van der Waals surface area contributed by atoms with Gasteiger partial charge in [0.1, 0.15) is 18.5 Å². The highest BCUT2D eigenvalue weighted by Crippen LogP contribution is 2.36. The minimum atomic E-state index is -4.65. The standard InChI is InChI=1S/C30H29BrF3N5O5/c1-16-10-18(3)39(36-16)29-35-26-13-37(27(42)19-4-9-25(31)24(12-19)30(32,33)34)17(2)11-23(26)28(43)38(29)20-5-7-22(8-6-20)44-15-21(41)14-40/h4-10,12,17,21,40-41H,11,13-15H2,1-3H3. The third-order valence-electron chi connectivity index (χ3n) is 7.32. The van der Waals surface area contributed by atoms with E-state index in [2.05, 4.69) is 21.0 Å². The molecule has 232 valence electrons. The highest BCUT2D eigenvalue weighted by Gasteiger charge is 2.36. The molecule has 0 fully saturated rings. The van der Waals surface area contributed by atoms with Crippen LogP contribution in [0.25, 0.3) is 11.6 Å². The normalized spacial score (nSPS) is 15.7. The number of amides is 1. The fraction of sp³-hybridized carbons (Fsp3) is 0.333. The third-order valence-corrected chi connectivity index (χ3v) is 8.01. The van der Waals surface area contributed by atoms with Crippen LogP contribution in [-0.2, 0) is 19.1 Å². The van der Waals surface area contributed by atoms with Gasteiger partial charge in [0.2, 0.25) is 5.95 Å². The van der Waals surface area contributed by atoms with E-state index in [-0.39, 0.29) is 41.1 Å². The Hall–Kier alpha value is -4.01. The lowest BCUT2D eigenvalue weighted by Gasteiger charge is -2.34. The van der Waals surface area contributed by atoms with Gasteiger partial charge >= 0.3 is 6.18 Å². The maximum atomic E-state index is 14.1. The zero-order chi connectivity index (χ0) is 31.9. The molecule has 0 bridgehead atoms. The molecule has 10 nitrogen and oxygen atoms in total. The number of hydrogen-bond acceptors (Lipinski definition) is 7. The van der Waals surface area contributed by atoms with Crippen LogP contribution in [0.4, 0.5) is 13.2 Å². The average molecular weight is 676 g/mol. The molecular weight excluding hydrogens is 647 g/mol. The first kappa shape index (κ1) is 31.4. The number of benzene rings is 2. The molecule has 5 rings (SSSR count). The van der Waals surface area contributed by atoms with Crippen molar-refractivity contribution in [3.05, 3.63) is 97.1 Å². The van der Waals surface area contributed by atoms with Crippen LogP contribution in [-0.4, -0.2) is 65.7 Å². The van der Waals surface area contributed by atoms with Crippen molar-refractivity contribution >= 4 is 21.8 Å². The molecule has 0 radical (unpaired) electrons. The van der Waals surface area contributed by atoms with Crippen molar-refractivity contribution in [1.82, 2.24) is 24.2 Å². The predicted octanol–water partition coefficient (Wildman–Crippen LogP) is 4.14. The van der Waals surface area contributed by atoms with Gasteiger partial charge in [0.15, 0.2) is 0 Å². The summed E-state index contributed by atoms with van der Waals surface area (Å²) in [6.07, 6.45) is -5.56. The predicted molar refractivity (Wildman–Crippen MR) is 157 cm³/mol. The molecule has 0 saturated carbocycles. The van der Waals surface area contributed by atoms with Crippen molar-refractivity contribution < 1.29 is 32.9 Å². The molecule has 3 heterocycles. The van der Waals surface area contributed by atoms with Crippen molar-refractivity contribution in [2.75, 3.05) is 13.2 Å². The number of aromatic nitrogens is 4. The molecular formula is C30H29BrF3N5O5. The topological polar surface area (TPSA) is 123 Å². The summed E-state index contributed by atoms with van der Waals surface area (Å²) in [5, 5.41) is 23.1. The number of halogens is 4. The Balaban J connectivity index is 1.56. The highest BCUT2D eigenvalue weighted by molar-refractivity contribution is 9.10. The number of hydrogen-bond donors (Lipinski definition) is 2. The first-order valence-electron chi connectivity index (χ1n) is 13.7. The van der Waals surface area contributed by atoms with Gasteiger partial charge in [0.25, 0.3) is 11.5 Å². The van der Waals surface area contributed by atoms with E-state index in [1.54, 1.807) is 38.1 Å². The molecule has 1 aliphatic rings. The van der Waals surface area contributed by atoms with Gasteiger partial charge in [-0.2, -0.15) is 18.3 Å². The van der Waals surface area contributed by atoms with Crippen molar-refractivity contribution in [1.29, 1.82) is 0 Å². The zero-order valence-electron chi connectivity index (χ0n) is 24.0. The number of fused-ring (bicyclic) bond motifs is 1. The molecule has 1 amide bonds. The quantitative estimate of drug-likeness (QED) is 0.302. The fourth-order valence-electron chi connectivity index (χ4n) is 5.10. The second kappa shape index (κ2) is 12.2. The number of ether oxygens (including phenoxy) is 1. The Labute approximate surface area is 258 Å². The monoisotopic (exact) mass is 675 g/mol. The molecule has 2 unspecified atom stereocenters. The van der Waals surface area contributed by atoms with Crippen LogP contribution in [0, 0.1) is 13.8 Å². The molecule has 4 aromatic rings. The Morgan fingerprint density at radius 1 is 1.16 bits per heavy atom. The zero-order valence-corrected chi connectivity index (χ0v) is 25.6. The lowest BCUT2D eigenvalue weighted by Crippen LogP contribution is -2.46. The Morgan fingerprint density at radius 2 is 1.86 bits per heavy atom. The van der Waals surface area contributed by atoms with Crippen LogP contribution in [0.2, 0.25) is 0 Å². The highest BCUT2D eigenvalue weighted by atomic mass is 79.9. The van der Waals surface area contributed by atoms with Crippen molar-refractivity contribution in [3.8, 4) is 17.4 Å². The van der Waals surface area contributed by atoms with Crippen LogP contribution in [0.3, 0.4) is 0 Å². The van der Waals surface area contributed by atoms with E-state index in [1.807, 2.05) is 13.0 Å². The molecule has 2 aromatic carbocycles. The van der Waals surface area contributed by atoms with E-state index >= 15 is 0 Å².